The third kappa shape index (κ3) is 3.53. The van der Waals surface area contributed by atoms with E-state index >= 15 is 0 Å². The Morgan fingerprint density at radius 1 is 1.27 bits per heavy atom. The summed E-state index contributed by atoms with van der Waals surface area (Å²) in [7, 11) is 3.86. The number of phenolic OH excluding ortho intramolecular Hbond substituents is 1. The third-order valence-electron chi connectivity index (χ3n) is 3.00. The van der Waals surface area contributed by atoms with Crippen molar-refractivity contribution in [2.75, 3.05) is 19.0 Å². The number of phenols is 1. The minimum Gasteiger partial charge on any atom is -0.502 e. The van der Waals surface area contributed by atoms with Gasteiger partial charge in [-0.15, -0.1) is 0 Å². The number of halogens is 1. The first kappa shape index (κ1) is 15.8. The number of aliphatic imine (C=N–C) groups is 1. The average molecular weight is 320 g/mol. The average Bonchev–Trinajstić information content (AvgIpc) is 2.47. The summed E-state index contributed by atoms with van der Waals surface area (Å²) in [5.41, 5.74) is 1.43. The third-order valence-corrected chi connectivity index (χ3v) is 3.22. The smallest absolute Gasteiger partial charge is 0.312 e. The van der Waals surface area contributed by atoms with Crippen LogP contribution in [0.5, 0.6) is 5.75 Å². The van der Waals surface area contributed by atoms with Gasteiger partial charge in [-0.1, -0.05) is 11.6 Å². The Kier molecular flexibility index (Phi) is 4.62. The highest BCUT2D eigenvalue weighted by molar-refractivity contribution is 6.31. The van der Waals surface area contributed by atoms with E-state index in [4.69, 9.17) is 11.6 Å². The van der Waals surface area contributed by atoms with E-state index in [1.807, 2.05) is 43.3 Å². The molecule has 114 valence electrons. The topological polar surface area (TPSA) is 79.0 Å². The minimum absolute atomic E-state index is 0.161. The Hall–Kier alpha value is -2.60. The van der Waals surface area contributed by atoms with Crippen LogP contribution in [-0.4, -0.2) is 30.3 Å². The monoisotopic (exact) mass is 319 g/mol. The maximum Gasteiger partial charge on any atom is 0.312 e. The standard InChI is InChI=1S/C15H14ClN3O3/c1-18(2)13-5-3-12(4-6-13)17-9-10-7-11(16)8-14(15(10)20)19(21)22/h3-9,20H,1-2H3. The summed E-state index contributed by atoms with van der Waals surface area (Å²) in [5.74, 6) is -0.455. The highest BCUT2D eigenvalue weighted by Gasteiger charge is 2.17. The molecule has 0 aliphatic heterocycles. The molecular weight excluding hydrogens is 306 g/mol. The molecular formula is C15H14ClN3O3. The van der Waals surface area contributed by atoms with Gasteiger partial charge in [-0.2, -0.15) is 0 Å². The van der Waals surface area contributed by atoms with Crippen LogP contribution >= 0.6 is 11.6 Å². The van der Waals surface area contributed by atoms with Gasteiger partial charge in [-0.05, 0) is 30.3 Å². The molecule has 0 radical (unpaired) electrons. The van der Waals surface area contributed by atoms with E-state index in [2.05, 4.69) is 4.99 Å². The molecule has 0 fully saturated rings. The number of hydrogen-bond donors (Lipinski definition) is 1. The molecule has 0 aliphatic rings. The van der Waals surface area contributed by atoms with Crippen LogP contribution in [0.2, 0.25) is 5.02 Å². The molecule has 0 amide bonds. The summed E-state index contributed by atoms with van der Waals surface area (Å²) in [6, 6.07) is 9.92. The van der Waals surface area contributed by atoms with Crippen LogP contribution in [0.1, 0.15) is 5.56 Å². The van der Waals surface area contributed by atoms with Crippen molar-refractivity contribution in [1.29, 1.82) is 0 Å². The van der Waals surface area contributed by atoms with E-state index in [0.29, 0.717) is 5.69 Å². The molecule has 1 N–H and O–H groups in total. The summed E-state index contributed by atoms with van der Waals surface area (Å²) in [6.07, 6.45) is 1.35. The van der Waals surface area contributed by atoms with Gasteiger partial charge in [0.1, 0.15) is 0 Å². The lowest BCUT2D eigenvalue weighted by atomic mass is 10.2. The van der Waals surface area contributed by atoms with Gasteiger partial charge in [-0.3, -0.25) is 15.1 Å². The number of nitro benzene ring substituents is 1. The van der Waals surface area contributed by atoms with Crippen molar-refractivity contribution < 1.29 is 10.0 Å². The minimum atomic E-state index is -0.690. The molecule has 0 heterocycles. The number of hydrogen-bond acceptors (Lipinski definition) is 5. The maximum absolute atomic E-state index is 10.8. The van der Waals surface area contributed by atoms with Crippen molar-refractivity contribution in [2.24, 2.45) is 4.99 Å². The van der Waals surface area contributed by atoms with E-state index in [0.717, 1.165) is 11.8 Å². The molecule has 2 rings (SSSR count). The molecule has 0 atom stereocenters. The first-order valence-corrected chi connectivity index (χ1v) is 6.74. The van der Waals surface area contributed by atoms with E-state index in [1.165, 1.54) is 12.3 Å². The quantitative estimate of drug-likeness (QED) is 0.528. The fourth-order valence-electron chi connectivity index (χ4n) is 1.82. The SMILES string of the molecule is CN(C)c1ccc(N=Cc2cc(Cl)cc([N+](=O)[O-])c2O)cc1. The van der Waals surface area contributed by atoms with Crippen molar-refractivity contribution in [3.63, 3.8) is 0 Å². The van der Waals surface area contributed by atoms with E-state index in [-0.39, 0.29) is 10.6 Å². The molecule has 0 aliphatic carbocycles. The Morgan fingerprint density at radius 3 is 2.45 bits per heavy atom. The Bertz CT molecular complexity index is 728. The lowest BCUT2D eigenvalue weighted by Gasteiger charge is -2.11. The largest absolute Gasteiger partial charge is 0.502 e. The maximum atomic E-state index is 10.8. The van der Waals surface area contributed by atoms with Gasteiger partial charge in [0.2, 0.25) is 5.75 Å². The number of nitro groups is 1. The van der Waals surface area contributed by atoms with Crippen molar-refractivity contribution in [3.8, 4) is 5.75 Å². The zero-order valence-corrected chi connectivity index (χ0v) is 12.8. The summed E-state index contributed by atoms with van der Waals surface area (Å²) in [4.78, 5) is 16.3. The number of rotatable bonds is 4. The molecule has 6 nitrogen and oxygen atoms in total. The van der Waals surface area contributed by atoms with Crippen molar-refractivity contribution in [2.45, 2.75) is 0 Å². The van der Waals surface area contributed by atoms with Gasteiger partial charge < -0.3 is 10.0 Å². The number of benzene rings is 2. The highest BCUT2D eigenvalue weighted by Crippen LogP contribution is 2.32. The molecule has 7 heteroatoms. The zero-order chi connectivity index (χ0) is 16.3. The van der Waals surface area contributed by atoms with Crippen LogP contribution in [0.25, 0.3) is 0 Å². The number of nitrogens with zero attached hydrogens (tertiary/aromatic N) is 3. The molecule has 0 aromatic heterocycles. The summed E-state index contributed by atoms with van der Waals surface area (Å²) in [6.45, 7) is 0. The molecule has 0 unspecified atom stereocenters. The van der Waals surface area contributed by atoms with E-state index < -0.39 is 16.4 Å². The number of aromatic hydroxyl groups is 1. The van der Waals surface area contributed by atoms with E-state index in [1.54, 1.807) is 0 Å². The van der Waals surface area contributed by atoms with E-state index in [9.17, 15) is 15.2 Å². The highest BCUT2D eigenvalue weighted by atomic mass is 35.5. The zero-order valence-electron chi connectivity index (χ0n) is 12.0. The molecule has 2 aromatic carbocycles. The lowest BCUT2D eigenvalue weighted by Crippen LogP contribution is -2.07. The number of anilines is 1. The van der Waals surface area contributed by atoms with Crippen LogP contribution in [0, 0.1) is 10.1 Å². The summed E-state index contributed by atoms with van der Waals surface area (Å²) in [5, 5.41) is 20.9. The lowest BCUT2D eigenvalue weighted by molar-refractivity contribution is -0.385. The fourth-order valence-corrected chi connectivity index (χ4v) is 2.04. The Balaban J connectivity index is 2.32. The second-order valence-electron chi connectivity index (χ2n) is 4.79. The van der Waals surface area contributed by atoms with Crippen LogP contribution in [0.3, 0.4) is 0 Å². The van der Waals surface area contributed by atoms with Gasteiger partial charge in [0.05, 0.1) is 10.6 Å². The predicted molar refractivity (Wildman–Crippen MR) is 87.8 cm³/mol. The summed E-state index contributed by atoms with van der Waals surface area (Å²) < 4.78 is 0. The van der Waals surface area contributed by atoms with Gasteiger partial charge in [0, 0.05) is 42.6 Å². The Labute approximate surface area is 132 Å². The Morgan fingerprint density at radius 2 is 1.91 bits per heavy atom. The molecule has 0 saturated heterocycles. The van der Waals surface area contributed by atoms with Gasteiger partial charge in [0.25, 0.3) is 0 Å². The fraction of sp³-hybridized carbons (Fsp3) is 0.133. The molecule has 0 saturated carbocycles. The van der Waals surface area contributed by atoms with Crippen molar-refractivity contribution >= 4 is 34.9 Å². The second kappa shape index (κ2) is 6.44. The van der Waals surface area contributed by atoms with Crippen LogP contribution in [0.4, 0.5) is 17.1 Å². The van der Waals surface area contributed by atoms with Gasteiger partial charge in [-0.25, -0.2) is 0 Å². The predicted octanol–water partition coefficient (Wildman–Crippen LogP) is 3.77. The van der Waals surface area contributed by atoms with Crippen molar-refractivity contribution in [3.05, 3.63) is 57.1 Å². The molecule has 0 spiro atoms. The van der Waals surface area contributed by atoms with Crippen molar-refractivity contribution in [1.82, 2.24) is 0 Å². The first-order chi connectivity index (χ1) is 10.4. The molecule has 2 aromatic rings. The van der Waals surface area contributed by atoms with Crippen LogP contribution < -0.4 is 4.90 Å². The first-order valence-electron chi connectivity index (χ1n) is 6.37. The summed E-state index contributed by atoms with van der Waals surface area (Å²) >= 11 is 5.82. The van der Waals surface area contributed by atoms with Gasteiger partial charge >= 0.3 is 5.69 Å². The van der Waals surface area contributed by atoms with Crippen LogP contribution in [-0.2, 0) is 0 Å². The molecule has 22 heavy (non-hydrogen) atoms. The second-order valence-corrected chi connectivity index (χ2v) is 5.23. The van der Waals surface area contributed by atoms with Gasteiger partial charge in [0.15, 0.2) is 0 Å². The normalized spacial score (nSPS) is 10.9. The molecule has 0 bridgehead atoms. The van der Waals surface area contributed by atoms with Crippen LogP contribution in [0.15, 0.2) is 41.4 Å².